The molecule has 2 nitrogen and oxygen atoms in total. The van der Waals surface area contributed by atoms with Crippen molar-refractivity contribution in [3.8, 4) is 0 Å². The van der Waals surface area contributed by atoms with E-state index >= 15 is 0 Å². The maximum atomic E-state index is 13.5. The van der Waals surface area contributed by atoms with E-state index in [1.54, 1.807) is 0 Å². The Kier molecular flexibility index (Phi) is 3.48. The van der Waals surface area contributed by atoms with Crippen LogP contribution in [0.25, 0.3) is 0 Å². The third-order valence-electron chi connectivity index (χ3n) is 2.47. The van der Waals surface area contributed by atoms with Gasteiger partial charge in [-0.1, -0.05) is 11.6 Å². The van der Waals surface area contributed by atoms with Gasteiger partial charge in [0.1, 0.15) is 17.5 Å². The molecule has 0 bridgehead atoms. The maximum absolute atomic E-state index is 13.5. The summed E-state index contributed by atoms with van der Waals surface area (Å²) < 4.78 is 39.8. The van der Waals surface area contributed by atoms with E-state index in [-0.39, 0.29) is 10.6 Å². The van der Waals surface area contributed by atoms with Crippen LogP contribution in [0.3, 0.4) is 0 Å². The first-order valence-corrected chi connectivity index (χ1v) is 5.52. The largest absolute Gasteiger partial charge is 0.399 e. The summed E-state index contributed by atoms with van der Waals surface area (Å²) in [5.74, 6) is -4.64. The van der Waals surface area contributed by atoms with Gasteiger partial charge in [-0.05, 0) is 18.2 Å². The van der Waals surface area contributed by atoms with Gasteiger partial charge in [0.05, 0.1) is 10.6 Å². The molecule has 0 spiro atoms. The molecule has 2 rings (SSSR count). The number of nitrogens with two attached hydrogens (primary N) is 1. The number of hydrogen-bond acceptors (Lipinski definition) is 2. The SMILES string of the molecule is Nc1ccc(C(=O)c2c(F)cc(F)cc2F)c(Cl)c1. The number of halogens is 4. The monoisotopic (exact) mass is 285 g/mol. The second kappa shape index (κ2) is 4.93. The minimum Gasteiger partial charge on any atom is -0.399 e. The number of benzene rings is 2. The molecule has 0 aliphatic heterocycles. The second-order valence-corrected chi connectivity index (χ2v) is 4.22. The minimum absolute atomic E-state index is 0.0341. The zero-order chi connectivity index (χ0) is 14.2. The van der Waals surface area contributed by atoms with Crippen molar-refractivity contribution in [2.75, 3.05) is 5.73 Å². The molecular formula is C13H7ClF3NO. The number of hydrogen-bond donors (Lipinski definition) is 1. The second-order valence-electron chi connectivity index (χ2n) is 3.81. The molecule has 2 aromatic carbocycles. The Balaban J connectivity index is 2.56. The molecule has 0 unspecified atom stereocenters. The summed E-state index contributed by atoms with van der Waals surface area (Å²) in [6.07, 6.45) is 0. The molecule has 0 fully saturated rings. The van der Waals surface area contributed by atoms with Crippen molar-refractivity contribution < 1.29 is 18.0 Å². The fourth-order valence-corrected chi connectivity index (χ4v) is 1.88. The molecule has 0 atom stereocenters. The van der Waals surface area contributed by atoms with Gasteiger partial charge in [-0.15, -0.1) is 0 Å². The van der Waals surface area contributed by atoms with Gasteiger partial charge in [-0.2, -0.15) is 0 Å². The van der Waals surface area contributed by atoms with E-state index in [4.69, 9.17) is 17.3 Å². The van der Waals surface area contributed by atoms with Crippen LogP contribution in [0, 0.1) is 17.5 Å². The molecule has 0 saturated heterocycles. The molecule has 0 radical (unpaired) electrons. The van der Waals surface area contributed by atoms with Crippen molar-refractivity contribution in [3.63, 3.8) is 0 Å². The summed E-state index contributed by atoms with van der Waals surface area (Å²) in [5, 5.41) is -0.0341. The van der Waals surface area contributed by atoms with E-state index in [1.807, 2.05) is 0 Å². The highest BCUT2D eigenvalue weighted by atomic mass is 35.5. The molecule has 2 aromatic rings. The van der Waals surface area contributed by atoms with Gasteiger partial charge in [0.2, 0.25) is 0 Å². The van der Waals surface area contributed by atoms with E-state index in [2.05, 4.69) is 0 Å². The Morgan fingerprint density at radius 1 is 1.05 bits per heavy atom. The van der Waals surface area contributed by atoms with Crippen LogP contribution >= 0.6 is 11.6 Å². The number of nitrogen functional groups attached to an aromatic ring is 1. The average molecular weight is 286 g/mol. The molecule has 2 N–H and O–H groups in total. The smallest absolute Gasteiger partial charge is 0.200 e. The minimum atomic E-state index is -1.28. The lowest BCUT2D eigenvalue weighted by atomic mass is 10.0. The Bertz CT molecular complexity index is 650. The van der Waals surface area contributed by atoms with Crippen LogP contribution in [-0.4, -0.2) is 5.78 Å². The van der Waals surface area contributed by atoms with Crippen molar-refractivity contribution in [2.45, 2.75) is 0 Å². The Morgan fingerprint density at radius 2 is 1.63 bits per heavy atom. The highest BCUT2D eigenvalue weighted by molar-refractivity contribution is 6.35. The van der Waals surface area contributed by atoms with Gasteiger partial charge in [0, 0.05) is 23.4 Å². The molecule has 19 heavy (non-hydrogen) atoms. The molecule has 0 aromatic heterocycles. The van der Waals surface area contributed by atoms with Crippen LogP contribution in [-0.2, 0) is 0 Å². The first-order chi connectivity index (χ1) is 8.90. The molecule has 6 heteroatoms. The van der Waals surface area contributed by atoms with Crippen molar-refractivity contribution in [2.24, 2.45) is 0 Å². The van der Waals surface area contributed by atoms with Gasteiger partial charge >= 0.3 is 0 Å². The summed E-state index contributed by atoms with van der Waals surface area (Å²) in [7, 11) is 0. The van der Waals surface area contributed by atoms with Gasteiger partial charge in [0.15, 0.2) is 5.78 Å². The van der Waals surface area contributed by atoms with Crippen LogP contribution in [0.5, 0.6) is 0 Å². The van der Waals surface area contributed by atoms with E-state index in [9.17, 15) is 18.0 Å². The zero-order valence-corrected chi connectivity index (χ0v) is 10.1. The lowest BCUT2D eigenvalue weighted by Gasteiger charge is -2.07. The summed E-state index contributed by atoms with van der Waals surface area (Å²) in [4.78, 5) is 12.0. The number of ketones is 1. The first-order valence-electron chi connectivity index (χ1n) is 5.14. The normalized spacial score (nSPS) is 10.5. The standard InChI is InChI=1S/C13H7ClF3NO/c14-9-5-7(18)1-2-8(9)13(19)12-10(16)3-6(15)4-11(12)17/h1-5H,18H2. The van der Waals surface area contributed by atoms with Gasteiger partial charge in [-0.25, -0.2) is 13.2 Å². The topological polar surface area (TPSA) is 43.1 Å². The van der Waals surface area contributed by atoms with Crippen LogP contribution in [0.1, 0.15) is 15.9 Å². The Labute approximate surface area is 111 Å². The molecule has 0 saturated carbocycles. The average Bonchev–Trinajstić information content (AvgIpc) is 2.26. The van der Waals surface area contributed by atoms with Crippen LogP contribution < -0.4 is 5.73 Å². The van der Waals surface area contributed by atoms with E-state index in [0.717, 1.165) is 0 Å². The van der Waals surface area contributed by atoms with Crippen molar-refractivity contribution in [1.82, 2.24) is 0 Å². The van der Waals surface area contributed by atoms with Crippen LogP contribution in [0.15, 0.2) is 30.3 Å². The summed E-state index contributed by atoms with van der Waals surface area (Å²) in [6, 6.07) is 4.78. The third-order valence-corrected chi connectivity index (χ3v) is 2.78. The van der Waals surface area contributed by atoms with E-state index < -0.39 is 28.8 Å². The Morgan fingerprint density at radius 3 is 2.16 bits per heavy atom. The van der Waals surface area contributed by atoms with Crippen molar-refractivity contribution in [1.29, 1.82) is 0 Å². The first kappa shape index (κ1) is 13.4. The van der Waals surface area contributed by atoms with E-state index in [0.29, 0.717) is 17.8 Å². The van der Waals surface area contributed by atoms with Gasteiger partial charge in [-0.3, -0.25) is 4.79 Å². The van der Waals surface area contributed by atoms with E-state index in [1.165, 1.54) is 18.2 Å². The van der Waals surface area contributed by atoms with Gasteiger partial charge in [0.25, 0.3) is 0 Å². The number of rotatable bonds is 2. The number of anilines is 1. The fourth-order valence-electron chi connectivity index (χ4n) is 1.61. The van der Waals surface area contributed by atoms with Crippen molar-refractivity contribution in [3.05, 3.63) is 63.9 Å². The summed E-state index contributed by atoms with van der Waals surface area (Å²) in [5.41, 5.74) is 4.80. The van der Waals surface area contributed by atoms with Crippen LogP contribution in [0.4, 0.5) is 18.9 Å². The zero-order valence-electron chi connectivity index (χ0n) is 9.38. The Hall–Kier alpha value is -2.01. The molecule has 0 aliphatic carbocycles. The quantitative estimate of drug-likeness (QED) is 0.677. The highest BCUT2D eigenvalue weighted by Crippen LogP contribution is 2.25. The van der Waals surface area contributed by atoms with Gasteiger partial charge < -0.3 is 5.73 Å². The highest BCUT2D eigenvalue weighted by Gasteiger charge is 2.22. The fraction of sp³-hybridized carbons (Fsp3) is 0. The molecule has 0 heterocycles. The molecule has 0 amide bonds. The molecule has 0 aliphatic rings. The predicted molar refractivity (Wildman–Crippen MR) is 65.6 cm³/mol. The molecular weight excluding hydrogens is 279 g/mol. The third kappa shape index (κ3) is 2.56. The molecule has 98 valence electrons. The van der Waals surface area contributed by atoms with Crippen molar-refractivity contribution >= 4 is 23.1 Å². The lowest BCUT2D eigenvalue weighted by molar-refractivity contribution is 0.103. The lowest BCUT2D eigenvalue weighted by Crippen LogP contribution is -2.09. The van der Waals surface area contributed by atoms with Crippen LogP contribution in [0.2, 0.25) is 5.02 Å². The summed E-state index contributed by atoms with van der Waals surface area (Å²) in [6.45, 7) is 0. The maximum Gasteiger partial charge on any atom is 0.200 e. The number of carbonyl (C=O) groups is 1. The predicted octanol–water partition coefficient (Wildman–Crippen LogP) is 3.57. The number of carbonyl (C=O) groups excluding carboxylic acids is 1. The summed E-state index contributed by atoms with van der Waals surface area (Å²) >= 11 is 5.79.